The lowest BCUT2D eigenvalue weighted by molar-refractivity contribution is -0.137. The molecule has 0 saturated carbocycles. The minimum absolute atomic E-state index is 0.319. The van der Waals surface area contributed by atoms with Crippen LogP contribution in [0.25, 0.3) is 28.1 Å². The molecule has 0 fully saturated rings. The molecule has 126 valence electrons. The Bertz CT molecular complexity index is 885. The molecule has 0 bridgehead atoms. The van der Waals surface area contributed by atoms with Crippen molar-refractivity contribution < 1.29 is 9.53 Å². The molecule has 0 N–H and O–H groups in total. The Morgan fingerprint density at radius 3 is 2.64 bits per heavy atom. The number of carbonyl (C=O) groups is 1. The summed E-state index contributed by atoms with van der Waals surface area (Å²) >= 11 is 0. The van der Waals surface area contributed by atoms with Crippen molar-refractivity contribution in [1.29, 1.82) is 0 Å². The molecule has 3 heteroatoms. The number of ether oxygens (including phenoxy) is 1. The van der Waals surface area contributed by atoms with Gasteiger partial charge in [-0.1, -0.05) is 67.9 Å². The second-order valence-electron chi connectivity index (χ2n) is 5.83. The highest BCUT2D eigenvalue weighted by atomic mass is 16.5. The molecule has 0 unspecified atom stereocenters. The van der Waals surface area contributed by atoms with Gasteiger partial charge in [-0.2, -0.15) is 0 Å². The summed E-state index contributed by atoms with van der Waals surface area (Å²) in [5.74, 6) is -0.319. The standard InChI is InChI=1S/C22H21NO2/c1-2-3-15-25-21(24)14-13-20-19-12-8-7-11-18(19)16-23-22(20)17-9-5-4-6-10-17/h4-14,16H,2-3,15H2,1H3/b14-13+. The third-order valence-electron chi connectivity index (χ3n) is 4.01. The van der Waals surface area contributed by atoms with E-state index in [0.29, 0.717) is 6.61 Å². The van der Waals surface area contributed by atoms with E-state index < -0.39 is 0 Å². The maximum absolute atomic E-state index is 11.9. The summed E-state index contributed by atoms with van der Waals surface area (Å²) in [6.45, 7) is 2.52. The van der Waals surface area contributed by atoms with E-state index in [4.69, 9.17) is 4.74 Å². The van der Waals surface area contributed by atoms with Gasteiger partial charge in [-0.15, -0.1) is 0 Å². The normalized spacial score (nSPS) is 11.1. The number of pyridine rings is 1. The fourth-order valence-electron chi connectivity index (χ4n) is 2.70. The molecule has 1 heterocycles. The highest BCUT2D eigenvalue weighted by Crippen LogP contribution is 2.29. The molecule has 0 aliphatic heterocycles. The molecule has 0 saturated heterocycles. The van der Waals surface area contributed by atoms with E-state index in [1.54, 1.807) is 0 Å². The molecule has 3 aromatic rings. The summed E-state index contributed by atoms with van der Waals surface area (Å²) in [7, 11) is 0. The van der Waals surface area contributed by atoms with Gasteiger partial charge in [0.15, 0.2) is 0 Å². The van der Waals surface area contributed by atoms with Crippen molar-refractivity contribution in [2.24, 2.45) is 0 Å². The lowest BCUT2D eigenvalue weighted by atomic mass is 9.99. The Hall–Kier alpha value is -2.94. The van der Waals surface area contributed by atoms with Crippen molar-refractivity contribution in [3.63, 3.8) is 0 Å². The average Bonchev–Trinajstić information content (AvgIpc) is 2.67. The van der Waals surface area contributed by atoms with Gasteiger partial charge in [0.2, 0.25) is 0 Å². The Morgan fingerprint density at radius 1 is 1.08 bits per heavy atom. The first-order valence-corrected chi connectivity index (χ1v) is 8.57. The number of nitrogens with zero attached hydrogens (tertiary/aromatic N) is 1. The zero-order valence-corrected chi connectivity index (χ0v) is 14.3. The summed E-state index contributed by atoms with van der Waals surface area (Å²) in [4.78, 5) is 16.6. The van der Waals surface area contributed by atoms with Gasteiger partial charge in [-0.3, -0.25) is 4.98 Å². The van der Waals surface area contributed by atoms with Crippen LogP contribution in [0.5, 0.6) is 0 Å². The predicted molar refractivity (Wildman–Crippen MR) is 102 cm³/mol. The van der Waals surface area contributed by atoms with E-state index in [0.717, 1.165) is 40.4 Å². The second-order valence-corrected chi connectivity index (χ2v) is 5.83. The Morgan fingerprint density at radius 2 is 1.84 bits per heavy atom. The van der Waals surface area contributed by atoms with Crippen LogP contribution in [0.3, 0.4) is 0 Å². The largest absolute Gasteiger partial charge is 0.463 e. The minimum Gasteiger partial charge on any atom is -0.463 e. The van der Waals surface area contributed by atoms with Gasteiger partial charge >= 0.3 is 5.97 Å². The highest BCUT2D eigenvalue weighted by Gasteiger charge is 2.09. The van der Waals surface area contributed by atoms with Gasteiger partial charge in [-0.05, 0) is 17.9 Å². The van der Waals surface area contributed by atoms with Crippen LogP contribution < -0.4 is 0 Å². The average molecular weight is 331 g/mol. The number of unbranched alkanes of at least 4 members (excludes halogenated alkanes) is 1. The molecule has 0 radical (unpaired) electrons. The monoisotopic (exact) mass is 331 g/mol. The summed E-state index contributed by atoms with van der Waals surface area (Å²) in [6.07, 6.45) is 7.05. The van der Waals surface area contributed by atoms with Gasteiger partial charge in [0.25, 0.3) is 0 Å². The molecule has 2 aromatic carbocycles. The van der Waals surface area contributed by atoms with E-state index in [-0.39, 0.29) is 5.97 Å². The van der Waals surface area contributed by atoms with Crippen molar-refractivity contribution in [2.45, 2.75) is 19.8 Å². The van der Waals surface area contributed by atoms with Crippen LogP contribution >= 0.6 is 0 Å². The van der Waals surface area contributed by atoms with Gasteiger partial charge in [-0.25, -0.2) is 4.79 Å². The number of benzene rings is 2. The molecule has 0 amide bonds. The molecule has 0 aliphatic carbocycles. The number of fused-ring (bicyclic) bond motifs is 1. The Balaban J connectivity index is 2.00. The number of hydrogen-bond donors (Lipinski definition) is 0. The van der Waals surface area contributed by atoms with Crippen molar-refractivity contribution in [1.82, 2.24) is 4.98 Å². The van der Waals surface area contributed by atoms with Gasteiger partial charge in [0.1, 0.15) is 0 Å². The zero-order valence-electron chi connectivity index (χ0n) is 14.3. The lowest BCUT2D eigenvalue weighted by Gasteiger charge is -2.09. The van der Waals surface area contributed by atoms with E-state index in [1.165, 1.54) is 6.08 Å². The molecule has 3 rings (SSSR count). The molecule has 0 atom stereocenters. The highest BCUT2D eigenvalue weighted by molar-refractivity contribution is 5.98. The van der Waals surface area contributed by atoms with Crippen LogP contribution in [0.2, 0.25) is 0 Å². The number of esters is 1. The molecule has 3 nitrogen and oxygen atoms in total. The van der Waals surface area contributed by atoms with Crippen LogP contribution in [0.1, 0.15) is 25.3 Å². The smallest absolute Gasteiger partial charge is 0.330 e. The number of hydrogen-bond acceptors (Lipinski definition) is 3. The SMILES string of the molecule is CCCCOC(=O)/C=C/c1c(-c2ccccc2)ncc2ccccc12. The lowest BCUT2D eigenvalue weighted by Crippen LogP contribution is -2.02. The first-order chi connectivity index (χ1) is 12.3. The second kappa shape index (κ2) is 8.25. The van der Waals surface area contributed by atoms with Crippen LogP contribution in [-0.2, 0) is 9.53 Å². The quantitative estimate of drug-likeness (QED) is 0.351. The Labute approximate surface area is 148 Å². The van der Waals surface area contributed by atoms with Crippen molar-refractivity contribution in [3.05, 3.63) is 72.4 Å². The first-order valence-electron chi connectivity index (χ1n) is 8.57. The molecule has 1 aromatic heterocycles. The predicted octanol–water partition coefficient (Wildman–Crippen LogP) is 5.26. The summed E-state index contributed by atoms with van der Waals surface area (Å²) in [5.41, 5.74) is 2.81. The summed E-state index contributed by atoms with van der Waals surface area (Å²) in [6, 6.07) is 18.0. The third kappa shape index (κ3) is 4.13. The van der Waals surface area contributed by atoms with Crippen molar-refractivity contribution in [3.8, 4) is 11.3 Å². The van der Waals surface area contributed by atoms with Gasteiger partial charge in [0, 0.05) is 28.8 Å². The fraction of sp³-hybridized carbons (Fsp3) is 0.182. The number of aromatic nitrogens is 1. The van der Waals surface area contributed by atoms with E-state index in [9.17, 15) is 4.79 Å². The molecular formula is C22H21NO2. The maximum atomic E-state index is 11.9. The van der Waals surface area contributed by atoms with Crippen LogP contribution in [-0.4, -0.2) is 17.6 Å². The maximum Gasteiger partial charge on any atom is 0.330 e. The van der Waals surface area contributed by atoms with Crippen molar-refractivity contribution in [2.75, 3.05) is 6.61 Å². The van der Waals surface area contributed by atoms with E-state index in [1.807, 2.05) is 66.9 Å². The minimum atomic E-state index is -0.319. The molecule has 0 aliphatic rings. The van der Waals surface area contributed by atoms with Crippen molar-refractivity contribution >= 4 is 22.8 Å². The van der Waals surface area contributed by atoms with Gasteiger partial charge in [0.05, 0.1) is 12.3 Å². The van der Waals surface area contributed by atoms with Crippen LogP contribution in [0, 0.1) is 0 Å². The van der Waals surface area contributed by atoms with Gasteiger partial charge < -0.3 is 4.74 Å². The molecule has 25 heavy (non-hydrogen) atoms. The van der Waals surface area contributed by atoms with Crippen LogP contribution in [0.4, 0.5) is 0 Å². The topological polar surface area (TPSA) is 39.2 Å². The van der Waals surface area contributed by atoms with E-state index >= 15 is 0 Å². The third-order valence-corrected chi connectivity index (χ3v) is 4.01. The number of rotatable bonds is 6. The Kier molecular flexibility index (Phi) is 5.57. The fourth-order valence-corrected chi connectivity index (χ4v) is 2.70. The first kappa shape index (κ1) is 16.9. The molecule has 0 spiro atoms. The molecular weight excluding hydrogens is 310 g/mol. The number of carbonyl (C=O) groups excluding carboxylic acids is 1. The zero-order chi connectivity index (χ0) is 17.5. The van der Waals surface area contributed by atoms with E-state index in [2.05, 4.69) is 11.9 Å². The summed E-state index contributed by atoms with van der Waals surface area (Å²) in [5, 5.41) is 2.11. The van der Waals surface area contributed by atoms with Crippen LogP contribution in [0.15, 0.2) is 66.9 Å². The summed E-state index contributed by atoms with van der Waals surface area (Å²) < 4.78 is 5.22.